The van der Waals surface area contributed by atoms with Crippen molar-refractivity contribution in [3.63, 3.8) is 0 Å². The number of rotatable bonds is 4. The Morgan fingerprint density at radius 3 is 2.78 bits per heavy atom. The number of pyridine rings is 1. The van der Waals surface area contributed by atoms with E-state index in [-0.39, 0.29) is 12.4 Å². The van der Waals surface area contributed by atoms with Crippen LogP contribution in [0.3, 0.4) is 0 Å². The number of nitrogens with zero attached hydrogens (tertiary/aromatic N) is 3. The maximum absolute atomic E-state index is 9.38. The summed E-state index contributed by atoms with van der Waals surface area (Å²) in [5.41, 5.74) is 2.88. The summed E-state index contributed by atoms with van der Waals surface area (Å²) in [6.45, 7) is 5.60. The van der Waals surface area contributed by atoms with E-state index in [2.05, 4.69) is 24.0 Å². The van der Waals surface area contributed by atoms with E-state index in [0.717, 1.165) is 28.2 Å². The van der Waals surface area contributed by atoms with E-state index >= 15 is 0 Å². The third kappa shape index (κ3) is 4.38. The topological polar surface area (TPSA) is 39.9 Å². The van der Waals surface area contributed by atoms with Crippen molar-refractivity contribution >= 4 is 22.7 Å². The molecule has 23 heavy (non-hydrogen) atoms. The molecular weight excluding hydrogens is 326 g/mol. The number of aromatic nitrogens is 1. The van der Waals surface area contributed by atoms with Gasteiger partial charge in [0, 0.05) is 17.7 Å². The van der Waals surface area contributed by atoms with E-state index in [1.54, 1.807) is 11.8 Å². The second-order valence-electron chi connectivity index (χ2n) is 5.85. The first kappa shape index (κ1) is 18.1. The number of nitriles is 1. The number of benzene rings is 1. The number of halogens is 1. The van der Waals surface area contributed by atoms with Gasteiger partial charge in [-0.1, -0.05) is 24.6 Å². The predicted octanol–water partition coefficient (Wildman–Crippen LogP) is 0.997. The van der Waals surface area contributed by atoms with Crippen molar-refractivity contribution in [2.45, 2.75) is 31.2 Å². The van der Waals surface area contributed by atoms with Crippen molar-refractivity contribution in [3.05, 3.63) is 35.4 Å². The molecule has 0 spiro atoms. The molecule has 5 heteroatoms. The van der Waals surface area contributed by atoms with Gasteiger partial charge >= 0.3 is 0 Å². The van der Waals surface area contributed by atoms with Crippen molar-refractivity contribution in [2.24, 2.45) is 0 Å². The minimum absolute atomic E-state index is 0. The Balaban J connectivity index is 0.00000192. The molecule has 2 heterocycles. The van der Waals surface area contributed by atoms with Gasteiger partial charge in [0.2, 0.25) is 0 Å². The van der Waals surface area contributed by atoms with Crippen LogP contribution >= 0.6 is 11.8 Å². The molecule has 122 valence electrons. The Kier molecular flexibility index (Phi) is 6.71. The lowest BCUT2D eigenvalue weighted by atomic mass is 10.1. The number of hydrogen-bond acceptors (Lipinski definition) is 4. The molecule has 0 N–H and O–H groups in total. The Morgan fingerprint density at radius 2 is 2.04 bits per heavy atom. The highest BCUT2D eigenvalue weighted by Gasteiger charge is 2.12. The summed E-state index contributed by atoms with van der Waals surface area (Å²) in [7, 11) is 0. The monoisotopic (exact) mass is 346 g/mol. The second kappa shape index (κ2) is 8.54. The number of aryl methyl sites for hydroxylation is 1. The minimum atomic E-state index is 0. The van der Waals surface area contributed by atoms with E-state index in [1.807, 2.05) is 18.2 Å². The van der Waals surface area contributed by atoms with E-state index in [4.69, 9.17) is 4.98 Å². The molecular formula is C18H21ClN3S-. The fourth-order valence-corrected chi connectivity index (χ4v) is 3.93. The summed E-state index contributed by atoms with van der Waals surface area (Å²) in [6, 6.07) is 10.4. The molecule has 1 aromatic heterocycles. The molecule has 1 aliphatic heterocycles. The summed E-state index contributed by atoms with van der Waals surface area (Å²) >= 11 is 1.71. The van der Waals surface area contributed by atoms with E-state index in [1.165, 1.54) is 37.9 Å². The van der Waals surface area contributed by atoms with Crippen molar-refractivity contribution in [1.29, 1.82) is 5.26 Å². The van der Waals surface area contributed by atoms with Gasteiger partial charge in [-0.3, -0.25) is 0 Å². The maximum Gasteiger partial charge on any atom is 0.115 e. The summed E-state index contributed by atoms with van der Waals surface area (Å²) in [5.74, 6) is 0.999. The second-order valence-corrected chi connectivity index (χ2v) is 6.93. The summed E-state index contributed by atoms with van der Waals surface area (Å²) < 4.78 is 0. The van der Waals surface area contributed by atoms with Crippen LogP contribution in [-0.4, -0.2) is 35.3 Å². The number of thioether (sulfide) groups is 1. The lowest BCUT2D eigenvalue weighted by Gasteiger charge is -2.26. The maximum atomic E-state index is 9.38. The molecule has 0 radical (unpaired) electrons. The SMILES string of the molecule is Cc1cccc2cc(C#N)c(SCCN3CCCCC3)nc12.[Cl-]. The van der Waals surface area contributed by atoms with Gasteiger partial charge in [-0.05, 0) is 44.5 Å². The zero-order valence-electron chi connectivity index (χ0n) is 13.4. The molecule has 3 nitrogen and oxygen atoms in total. The molecule has 1 aromatic carbocycles. The van der Waals surface area contributed by atoms with E-state index in [9.17, 15) is 5.26 Å². The number of piperidine rings is 1. The van der Waals surface area contributed by atoms with Crippen molar-refractivity contribution < 1.29 is 12.4 Å². The molecule has 0 bridgehead atoms. The lowest BCUT2D eigenvalue weighted by Crippen LogP contribution is -3.00. The van der Waals surface area contributed by atoms with E-state index < -0.39 is 0 Å². The van der Waals surface area contributed by atoms with Crippen LogP contribution in [0.4, 0.5) is 0 Å². The third-order valence-corrected chi connectivity index (χ3v) is 5.20. The van der Waals surface area contributed by atoms with Gasteiger partial charge < -0.3 is 17.3 Å². The molecule has 0 amide bonds. The Labute approximate surface area is 148 Å². The highest BCUT2D eigenvalue weighted by Crippen LogP contribution is 2.26. The van der Waals surface area contributed by atoms with Crippen LogP contribution in [0, 0.1) is 18.3 Å². The van der Waals surface area contributed by atoms with Crippen molar-refractivity contribution in [3.8, 4) is 6.07 Å². The summed E-state index contributed by atoms with van der Waals surface area (Å²) in [5, 5.41) is 11.3. The molecule has 0 saturated carbocycles. The van der Waals surface area contributed by atoms with Crippen molar-refractivity contribution in [2.75, 3.05) is 25.4 Å². The van der Waals surface area contributed by atoms with Gasteiger partial charge in [-0.15, -0.1) is 11.8 Å². The first-order valence-corrected chi connectivity index (χ1v) is 8.92. The minimum Gasteiger partial charge on any atom is -1.00 e. The molecule has 1 aliphatic rings. The zero-order chi connectivity index (χ0) is 15.4. The fraction of sp³-hybridized carbons (Fsp3) is 0.444. The van der Waals surface area contributed by atoms with Crippen LogP contribution < -0.4 is 12.4 Å². The van der Waals surface area contributed by atoms with E-state index in [0.29, 0.717) is 5.56 Å². The Hall–Kier alpha value is -1.28. The van der Waals surface area contributed by atoms with Gasteiger partial charge in [-0.2, -0.15) is 5.26 Å². The van der Waals surface area contributed by atoms with Gasteiger partial charge in [0.15, 0.2) is 0 Å². The number of hydrogen-bond donors (Lipinski definition) is 0. The molecule has 0 atom stereocenters. The van der Waals surface area contributed by atoms with Crippen molar-refractivity contribution in [1.82, 2.24) is 9.88 Å². The Bertz CT molecular complexity index is 705. The highest BCUT2D eigenvalue weighted by molar-refractivity contribution is 7.99. The van der Waals surface area contributed by atoms with Gasteiger partial charge in [-0.25, -0.2) is 4.98 Å². The lowest BCUT2D eigenvalue weighted by molar-refractivity contribution is -0.00000475. The number of fused-ring (bicyclic) bond motifs is 1. The fourth-order valence-electron chi connectivity index (χ4n) is 2.97. The molecule has 3 rings (SSSR count). The normalized spacial score (nSPS) is 15.1. The van der Waals surface area contributed by atoms with Crippen LogP contribution in [0.25, 0.3) is 10.9 Å². The average Bonchev–Trinajstić information content (AvgIpc) is 2.56. The number of para-hydroxylation sites is 1. The summed E-state index contributed by atoms with van der Waals surface area (Å²) in [6.07, 6.45) is 4.01. The van der Waals surface area contributed by atoms with Crippen LogP contribution in [0.2, 0.25) is 0 Å². The molecule has 0 unspecified atom stereocenters. The predicted molar refractivity (Wildman–Crippen MR) is 92.2 cm³/mol. The zero-order valence-corrected chi connectivity index (χ0v) is 15.0. The van der Waals surface area contributed by atoms with Crippen LogP contribution in [0.15, 0.2) is 29.3 Å². The van der Waals surface area contributed by atoms with Gasteiger partial charge in [0.25, 0.3) is 0 Å². The molecule has 2 aromatic rings. The van der Waals surface area contributed by atoms with Crippen LogP contribution in [-0.2, 0) is 0 Å². The third-order valence-electron chi connectivity index (χ3n) is 4.23. The first-order valence-electron chi connectivity index (χ1n) is 7.93. The standard InChI is InChI=1S/C18H21N3S.ClH/c1-14-6-5-7-15-12-16(13-19)18(20-17(14)15)22-11-10-21-8-3-2-4-9-21;/h5-7,12H,2-4,8-11H2,1H3;1H/p-1. The van der Waals surface area contributed by atoms with Gasteiger partial charge in [0.05, 0.1) is 11.1 Å². The average molecular weight is 347 g/mol. The van der Waals surface area contributed by atoms with Gasteiger partial charge in [0.1, 0.15) is 11.1 Å². The van der Waals surface area contributed by atoms with Crippen LogP contribution in [0.1, 0.15) is 30.4 Å². The molecule has 1 fully saturated rings. The smallest absolute Gasteiger partial charge is 0.115 e. The Morgan fingerprint density at radius 1 is 1.26 bits per heavy atom. The first-order chi connectivity index (χ1) is 10.8. The number of likely N-dealkylation sites (tertiary alicyclic amines) is 1. The summed E-state index contributed by atoms with van der Waals surface area (Å²) in [4.78, 5) is 7.27. The molecule has 1 saturated heterocycles. The molecule has 0 aliphatic carbocycles. The quantitative estimate of drug-likeness (QED) is 0.774. The van der Waals surface area contributed by atoms with Crippen LogP contribution in [0.5, 0.6) is 0 Å². The highest BCUT2D eigenvalue weighted by atomic mass is 35.5. The largest absolute Gasteiger partial charge is 1.00 e.